The van der Waals surface area contributed by atoms with Gasteiger partial charge in [-0.25, -0.2) is 8.78 Å². The van der Waals surface area contributed by atoms with Gasteiger partial charge >= 0.3 is 0 Å². The minimum atomic E-state index is -2.47. The van der Waals surface area contributed by atoms with E-state index in [4.69, 9.17) is 9.47 Å². The second kappa shape index (κ2) is 7.94. The second-order valence-corrected chi connectivity index (χ2v) is 3.94. The van der Waals surface area contributed by atoms with Gasteiger partial charge in [0.25, 0.3) is 6.43 Å². The Morgan fingerprint density at radius 1 is 1.05 bits per heavy atom. The SMILES string of the molecule is CCNC(c1ccc(OCC)c(OCC)c1)C(F)F. The molecule has 0 saturated heterocycles. The van der Waals surface area contributed by atoms with Gasteiger partial charge in [0.1, 0.15) is 0 Å². The van der Waals surface area contributed by atoms with Crippen LogP contribution in [0.5, 0.6) is 11.5 Å². The molecule has 0 spiro atoms. The molecule has 0 bridgehead atoms. The van der Waals surface area contributed by atoms with Gasteiger partial charge in [0.15, 0.2) is 11.5 Å². The molecule has 1 aromatic carbocycles. The van der Waals surface area contributed by atoms with Crippen molar-refractivity contribution in [1.82, 2.24) is 5.32 Å². The third-order valence-corrected chi connectivity index (χ3v) is 2.60. The molecule has 0 fully saturated rings. The highest BCUT2D eigenvalue weighted by Gasteiger charge is 2.22. The number of rotatable bonds is 8. The Labute approximate surface area is 112 Å². The number of nitrogens with one attached hydrogen (secondary N) is 1. The van der Waals surface area contributed by atoms with Gasteiger partial charge in [0.05, 0.1) is 19.3 Å². The van der Waals surface area contributed by atoms with E-state index in [1.165, 1.54) is 0 Å². The van der Waals surface area contributed by atoms with Crippen molar-refractivity contribution in [2.75, 3.05) is 19.8 Å². The van der Waals surface area contributed by atoms with Crippen LogP contribution in [0.2, 0.25) is 0 Å². The molecule has 1 atom stereocenters. The molecule has 1 rings (SSSR count). The van der Waals surface area contributed by atoms with Crippen LogP contribution in [0.25, 0.3) is 0 Å². The molecular weight excluding hydrogens is 252 g/mol. The van der Waals surface area contributed by atoms with E-state index in [-0.39, 0.29) is 0 Å². The van der Waals surface area contributed by atoms with Crippen LogP contribution in [-0.2, 0) is 0 Å². The number of hydrogen-bond acceptors (Lipinski definition) is 3. The smallest absolute Gasteiger partial charge is 0.257 e. The summed E-state index contributed by atoms with van der Waals surface area (Å²) in [6.07, 6.45) is -2.47. The number of halogens is 2. The predicted molar refractivity (Wildman–Crippen MR) is 71.2 cm³/mol. The summed E-state index contributed by atoms with van der Waals surface area (Å²) in [6, 6.07) is 3.96. The molecule has 0 radical (unpaired) electrons. The minimum Gasteiger partial charge on any atom is -0.490 e. The summed E-state index contributed by atoms with van der Waals surface area (Å²) in [7, 11) is 0. The van der Waals surface area contributed by atoms with Crippen LogP contribution in [-0.4, -0.2) is 26.2 Å². The largest absolute Gasteiger partial charge is 0.490 e. The lowest BCUT2D eigenvalue weighted by Crippen LogP contribution is -2.27. The van der Waals surface area contributed by atoms with Gasteiger partial charge in [-0.05, 0) is 38.1 Å². The fourth-order valence-electron chi connectivity index (χ4n) is 1.83. The Bertz CT molecular complexity index is 386. The Morgan fingerprint density at radius 3 is 2.21 bits per heavy atom. The molecule has 0 aliphatic heterocycles. The van der Waals surface area contributed by atoms with Crippen molar-refractivity contribution in [3.63, 3.8) is 0 Å². The average molecular weight is 273 g/mol. The van der Waals surface area contributed by atoms with Crippen LogP contribution >= 0.6 is 0 Å². The highest BCUT2D eigenvalue weighted by atomic mass is 19.3. The third-order valence-electron chi connectivity index (χ3n) is 2.60. The van der Waals surface area contributed by atoms with Crippen LogP contribution in [0, 0.1) is 0 Å². The van der Waals surface area contributed by atoms with E-state index in [0.717, 1.165) is 0 Å². The second-order valence-electron chi connectivity index (χ2n) is 3.94. The number of ether oxygens (including phenoxy) is 2. The van der Waals surface area contributed by atoms with E-state index in [1.807, 2.05) is 13.8 Å². The summed E-state index contributed by atoms with van der Waals surface area (Å²) >= 11 is 0. The zero-order valence-corrected chi connectivity index (χ0v) is 11.6. The molecule has 1 N–H and O–H groups in total. The average Bonchev–Trinajstić information content (AvgIpc) is 2.38. The van der Waals surface area contributed by atoms with Gasteiger partial charge in [0.2, 0.25) is 0 Å². The van der Waals surface area contributed by atoms with Crippen molar-refractivity contribution in [2.24, 2.45) is 0 Å². The Hall–Kier alpha value is -1.36. The first-order valence-corrected chi connectivity index (χ1v) is 6.55. The monoisotopic (exact) mass is 273 g/mol. The van der Waals surface area contributed by atoms with E-state index in [0.29, 0.717) is 36.8 Å². The van der Waals surface area contributed by atoms with E-state index < -0.39 is 12.5 Å². The Balaban J connectivity index is 3.04. The van der Waals surface area contributed by atoms with Gasteiger partial charge in [-0.15, -0.1) is 0 Å². The number of benzene rings is 1. The molecule has 19 heavy (non-hydrogen) atoms. The fraction of sp³-hybridized carbons (Fsp3) is 0.571. The van der Waals surface area contributed by atoms with E-state index in [1.54, 1.807) is 25.1 Å². The summed E-state index contributed by atoms with van der Waals surface area (Å²) in [5.74, 6) is 1.09. The quantitative estimate of drug-likeness (QED) is 0.787. The number of alkyl halides is 2. The van der Waals surface area contributed by atoms with E-state index in [9.17, 15) is 8.78 Å². The predicted octanol–water partition coefficient (Wildman–Crippen LogP) is 3.40. The van der Waals surface area contributed by atoms with Crippen LogP contribution in [0.4, 0.5) is 8.78 Å². The first-order chi connectivity index (χ1) is 9.13. The zero-order chi connectivity index (χ0) is 14.3. The zero-order valence-electron chi connectivity index (χ0n) is 11.6. The maximum Gasteiger partial charge on any atom is 0.257 e. The highest BCUT2D eigenvalue weighted by molar-refractivity contribution is 5.44. The van der Waals surface area contributed by atoms with Crippen LogP contribution in [0.1, 0.15) is 32.4 Å². The van der Waals surface area contributed by atoms with Crippen molar-refractivity contribution in [3.05, 3.63) is 23.8 Å². The lowest BCUT2D eigenvalue weighted by molar-refractivity contribution is 0.0991. The molecule has 0 heterocycles. The molecule has 0 aromatic heterocycles. The molecule has 5 heteroatoms. The fourth-order valence-corrected chi connectivity index (χ4v) is 1.83. The summed E-state index contributed by atoms with van der Waals surface area (Å²) in [5, 5.41) is 2.77. The minimum absolute atomic E-state index is 0.462. The van der Waals surface area contributed by atoms with Crippen LogP contribution in [0.15, 0.2) is 18.2 Å². The molecule has 0 amide bonds. The molecule has 108 valence electrons. The highest BCUT2D eigenvalue weighted by Crippen LogP contribution is 2.32. The van der Waals surface area contributed by atoms with Crippen molar-refractivity contribution in [1.29, 1.82) is 0 Å². The Kier molecular flexibility index (Phi) is 6.56. The summed E-state index contributed by atoms with van der Waals surface area (Å²) in [5.41, 5.74) is 0.503. The van der Waals surface area contributed by atoms with Gasteiger partial charge in [-0.3, -0.25) is 0 Å². The molecule has 0 aliphatic rings. The maximum atomic E-state index is 13.0. The summed E-state index contributed by atoms with van der Waals surface area (Å²) in [6.45, 7) is 6.95. The maximum absolute atomic E-state index is 13.0. The first-order valence-electron chi connectivity index (χ1n) is 6.55. The summed E-state index contributed by atoms with van der Waals surface area (Å²) < 4.78 is 36.9. The van der Waals surface area contributed by atoms with Crippen molar-refractivity contribution >= 4 is 0 Å². The topological polar surface area (TPSA) is 30.5 Å². The molecule has 0 aliphatic carbocycles. The standard InChI is InChI=1S/C14H21F2NO2/c1-4-17-13(14(15)16)10-7-8-11(18-5-2)12(9-10)19-6-3/h7-9,13-14,17H,4-6H2,1-3H3. The van der Waals surface area contributed by atoms with Crippen LogP contribution in [0.3, 0.4) is 0 Å². The first kappa shape index (κ1) is 15.7. The van der Waals surface area contributed by atoms with Gasteiger partial charge in [-0.2, -0.15) is 0 Å². The van der Waals surface area contributed by atoms with Crippen molar-refractivity contribution in [2.45, 2.75) is 33.2 Å². The molecule has 1 aromatic rings. The third kappa shape index (κ3) is 4.35. The van der Waals surface area contributed by atoms with Crippen molar-refractivity contribution in [3.8, 4) is 11.5 Å². The van der Waals surface area contributed by atoms with Gasteiger partial charge in [-0.1, -0.05) is 13.0 Å². The molecular formula is C14H21F2NO2. The number of hydrogen-bond donors (Lipinski definition) is 1. The van der Waals surface area contributed by atoms with E-state index >= 15 is 0 Å². The lowest BCUT2D eigenvalue weighted by Gasteiger charge is -2.19. The van der Waals surface area contributed by atoms with Crippen molar-refractivity contribution < 1.29 is 18.3 Å². The van der Waals surface area contributed by atoms with Gasteiger partial charge in [0, 0.05) is 0 Å². The lowest BCUT2D eigenvalue weighted by atomic mass is 10.1. The molecule has 1 unspecified atom stereocenters. The van der Waals surface area contributed by atoms with Gasteiger partial charge < -0.3 is 14.8 Å². The Morgan fingerprint density at radius 2 is 1.68 bits per heavy atom. The normalized spacial score (nSPS) is 12.5. The van der Waals surface area contributed by atoms with E-state index in [2.05, 4.69) is 5.32 Å². The van der Waals surface area contributed by atoms with Crippen LogP contribution < -0.4 is 14.8 Å². The molecule has 0 saturated carbocycles. The summed E-state index contributed by atoms with van der Waals surface area (Å²) in [4.78, 5) is 0. The molecule has 3 nitrogen and oxygen atoms in total.